The second-order valence-electron chi connectivity index (χ2n) is 4.06. The second-order valence-corrected chi connectivity index (χ2v) is 5.09. The second kappa shape index (κ2) is 4.89. The van der Waals surface area contributed by atoms with Crippen LogP contribution in [-0.2, 0) is 0 Å². The van der Waals surface area contributed by atoms with E-state index in [1.807, 2.05) is 33.3 Å². The molecule has 2 rings (SSSR count). The highest BCUT2D eigenvalue weighted by molar-refractivity contribution is 7.15. The van der Waals surface area contributed by atoms with Crippen molar-refractivity contribution in [2.75, 3.05) is 7.05 Å². The van der Waals surface area contributed by atoms with Crippen LogP contribution in [0.25, 0.3) is 10.8 Å². The number of hydrogen-bond donors (Lipinski definition) is 1. The molecule has 2 heterocycles. The summed E-state index contributed by atoms with van der Waals surface area (Å²) in [4.78, 5) is 14.4. The lowest BCUT2D eigenvalue weighted by molar-refractivity contribution is 0.658. The van der Waals surface area contributed by atoms with Crippen molar-refractivity contribution < 1.29 is 0 Å². The molecule has 0 saturated heterocycles. The van der Waals surface area contributed by atoms with Gasteiger partial charge >= 0.3 is 0 Å². The molecule has 90 valence electrons. The molecule has 2 aromatic heterocycles. The fourth-order valence-corrected chi connectivity index (χ4v) is 2.62. The first-order chi connectivity index (χ1) is 8.11. The minimum absolute atomic E-state index is 0.312. The summed E-state index contributed by atoms with van der Waals surface area (Å²) in [5.41, 5.74) is 2.11. The molecule has 1 atom stereocenters. The monoisotopic (exact) mass is 248 g/mol. The summed E-state index contributed by atoms with van der Waals surface area (Å²) in [6, 6.07) is 0.312. The van der Waals surface area contributed by atoms with Crippen LogP contribution < -0.4 is 5.32 Å². The quantitative estimate of drug-likeness (QED) is 0.906. The van der Waals surface area contributed by atoms with E-state index in [-0.39, 0.29) is 0 Å². The van der Waals surface area contributed by atoms with E-state index in [1.54, 1.807) is 11.3 Å². The van der Waals surface area contributed by atoms with E-state index in [0.29, 0.717) is 11.9 Å². The van der Waals surface area contributed by atoms with Crippen LogP contribution in [0.3, 0.4) is 0 Å². The molecule has 1 N–H and O–H groups in total. The van der Waals surface area contributed by atoms with Crippen LogP contribution in [0.4, 0.5) is 0 Å². The first kappa shape index (κ1) is 12.1. The Bertz CT molecular complexity index is 504. The molecule has 0 aliphatic carbocycles. The van der Waals surface area contributed by atoms with Crippen molar-refractivity contribution in [3.63, 3.8) is 0 Å². The van der Waals surface area contributed by atoms with E-state index in [1.165, 1.54) is 4.88 Å². The van der Waals surface area contributed by atoms with Gasteiger partial charge in [-0.15, -0.1) is 11.3 Å². The molecule has 0 aliphatic rings. The summed E-state index contributed by atoms with van der Waals surface area (Å²) in [6.07, 6.45) is 3.64. The molecule has 0 aromatic carbocycles. The Balaban J connectivity index is 2.37. The van der Waals surface area contributed by atoms with Crippen molar-refractivity contribution in [1.29, 1.82) is 0 Å². The van der Waals surface area contributed by atoms with Gasteiger partial charge in [0.2, 0.25) is 0 Å². The molecule has 4 nitrogen and oxygen atoms in total. The lowest BCUT2D eigenvalue weighted by Gasteiger charge is -2.06. The zero-order valence-electron chi connectivity index (χ0n) is 10.5. The third kappa shape index (κ3) is 2.50. The number of aromatic nitrogens is 3. The van der Waals surface area contributed by atoms with Crippen LogP contribution in [0.15, 0.2) is 12.4 Å². The summed E-state index contributed by atoms with van der Waals surface area (Å²) >= 11 is 1.65. The van der Waals surface area contributed by atoms with Gasteiger partial charge in [0.25, 0.3) is 0 Å². The van der Waals surface area contributed by atoms with Crippen LogP contribution in [0, 0.1) is 13.8 Å². The zero-order valence-corrected chi connectivity index (χ0v) is 11.3. The summed E-state index contributed by atoms with van der Waals surface area (Å²) in [5, 5.41) is 4.11. The average Bonchev–Trinajstić information content (AvgIpc) is 2.71. The number of rotatable bonds is 3. The third-order valence-electron chi connectivity index (χ3n) is 2.63. The van der Waals surface area contributed by atoms with Crippen LogP contribution in [-0.4, -0.2) is 22.0 Å². The minimum atomic E-state index is 0.312. The van der Waals surface area contributed by atoms with E-state index >= 15 is 0 Å². The number of aryl methyl sites for hydroxylation is 2. The summed E-state index contributed by atoms with van der Waals surface area (Å²) in [5.74, 6) is 0.707. The lowest BCUT2D eigenvalue weighted by atomic mass is 10.2. The highest BCUT2D eigenvalue weighted by atomic mass is 32.1. The predicted octanol–water partition coefficient (Wildman–Crippen LogP) is 2.50. The fourth-order valence-electron chi connectivity index (χ4n) is 1.54. The van der Waals surface area contributed by atoms with Crippen molar-refractivity contribution in [2.45, 2.75) is 26.8 Å². The molecule has 0 aliphatic heterocycles. The molecule has 0 radical (unpaired) electrons. The number of hydrogen-bond acceptors (Lipinski definition) is 5. The fraction of sp³-hybridized carbons (Fsp3) is 0.417. The van der Waals surface area contributed by atoms with Crippen molar-refractivity contribution in [3.8, 4) is 10.8 Å². The SMILES string of the molecule is CNC(C)c1sc(-c2ncc(C)cn2)nc1C. The maximum Gasteiger partial charge on any atom is 0.188 e. The highest BCUT2D eigenvalue weighted by Crippen LogP contribution is 2.29. The average molecular weight is 248 g/mol. The first-order valence-corrected chi connectivity index (χ1v) is 6.37. The molecule has 2 aromatic rings. The smallest absolute Gasteiger partial charge is 0.188 e. The highest BCUT2D eigenvalue weighted by Gasteiger charge is 2.15. The Morgan fingerprint density at radius 1 is 1.24 bits per heavy atom. The Labute approximate surface area is 105 Å². The molecule has 0 spiro atoms. The Morgan fingerprint density at radius 3 is 2.47 bits per heavy atom. The number of nitrogens with zero attached hydrogens (tertiary/aromatic N) is 3. The zero-order chi connectivity index (χ0) is 12.4. The number of nitrogens with one attached hydrogen (secondary N) is 1. The normalized spacial score (nSPS) is 12.7. The number of thiazole rings is 1. The van der Waals surface area contributed by atoms with Gasteiger partial charge in [-0.3, -0.25) is 0 Å². The lowest BCUT2D eigenvalue weighted by Crippen LogP contribution is -2.11. The molecule has 1 unspecified atom stereocenters. The van der Waals surface area contributed by atoms with E-state index in [9.17, 15) is 0 Å². The van der Waals surface area contributed by atoms with E-state index < -0.39 is 0 Å². The van der Waals surface area contributed by atoms with Gasteiger partial charge in [-0.1, -0.05) is 0 Å². The van der Waals surface area contributed by atoms with Crippen LogP contribution in [0.1, 0.15) is 29.1 Å². The van der Waals surface area contributed by atoms with Gasteiger partial charge in [0.15, 0.2) is 10.8 Å². The van der Waals surface area contributed by atoms with E-state index in [4.69, 9.17) is 0 Å². The maximum absolute atomic E-state index is 4.53. The molecule has 0 amide bonds. The standard InChI is InChI=1S/C12H16N4S/c1-7-5-14-11(15-6-7)12-16-9(3)10(17-12)8(2)13-4/h5-6,8,13H,1-4H3. The molecule has 0 fully saturated rings. The molecular weight excluding hydrogens is 232 g/mol. The third-order valence-corrected chi connectivity index (χ3v) is 3.97. The molecule has 17 heavy (non-hydrogen) atoms. The van der Waals surface area contributed by atoms with Gasteiger partial charge in [0, 0.05) is 23.3 Å². The van der Waals surface area contributed by atoms with Crippen LogP contribution in [0.2, 0.25) is 0 Å². The summed E-state index contributed by atoms with van der Waals surface area (Å²) in [7, 11) is 1.95. The van der Waals surface area contributed by atoms with E-state index in [2.05, 4.69) is 27.2 Å². The Kier molecular flexibility index (Phi) is 3.49. The molecule has 0 bridgehead atoms. The van der Waals surface area contributed by atoms with Gasteiger partial charge in [0.05, 0.1) is 5.69 Å². The van der Waals surface area contributed by atoms with Gasteiger partial charge in [-0.05, 0) is 33.4 Å². The largest absolute Gasteiger partial charge is 0.312 e. The van der Waals surface area contributed by atoms with E-state index in [0.717, 1.165) is 16.3 Å². The maximum atomic E-state index is 4.53. The van der Waals surface area contributed by atoms with Crippen molar-refractivity contribution >= 4 is 11.3 Å². The van der Waals surface area contributed by atoms with Crippen molar-refractivity contribution in [1.82, 2.24) is 20.3 Å². The Hall–Kier alpha value is -1.33. The van der Waals surface area contributed by atoms with Crippen LogP contribution in [0.5, 0.6) is 0 Å². The summed E-state index contributed by atoms with van der Waals surface area (Å²) < 4.78 is 0. The van der Waals surface area contributed by atoms with Gasteiger partial charge in [-0.2, -0.15) is 0 Å². The Morgan fingerprint density at radius 2 is 1.88 bits per heavy atom. The molecule has 0 saturated carbocycles. The van der Waals surface area contributed by atoms with Gasteiger partial charge in [0.1, 0.15) is 0 Å². The molecule has 5 heteroatoms. The van der Waals surface area contributed by atoms with Crippen LogP contribution >= 0.6 is 11.3 Å². The van der Waals surface area contributed by atoms with Crippen molar-refractivity contribution in [2.24, 2.45) is 0 Å². The van der Waals surface area contributed by atoms with Gasteiger partial charge in [-0.25, -0.2) is 15.0 Å². The predicted molar refractivity (Wildman–Crippen MR) is 70.1 cm³/mol. The first-order valence-electron chi connectivity index (χ1n) is 5.55. The summed E-state index contributed by atoms with van der Waals surface area (Å²) in [6.45, 7) is 6.13. The minimum Gasteiger partial charge on any atom is -0.312 e. The van der Waals surface area contributed by atoms with Gasteiger partial charge < -0.3 is 5.32 Å². The van der Waals surface area contributed by atoms with Crippen molar-refractivity contribution in [3.05, 3.63) is 28.5 Å². The molecular formula is C12H16N4S. The topological polar surface area (TPSA) is 50.7 Å².